The van der Waals surface area contributed by atoms with E-state index >= 15 is 0 Å². The van der Waals surface area contributed by atoms with Gasteiger partial charge in [0.2, 0.25) is 5.91 Å². The van der Waals surface area contributed by atoms with E-state index in [2.05, 4.69) is 10.7 Å². The zero-order valence-electron chi connectivity index (χ0n) is 15.4. The number of thiazole rings is 1. The van der Waals surface area contributed by atoms with E-state index in [1.54, 1.807) is 30.2 Å². The molecule has 1 atom stereocenters. The maximum atomic E-state index is 12.4. The second-order valence-electron chi connectivity index (χ2n) is 6.67. The lowest BCUT2D eigenvalue weighted by Gasteiger charge is -2.24. The number of nitrogens with zero attached hydrogens (tertiary/aromatic N) is 1. The van der Waals surface area contributed by atoms with Crippen LogP contribution in [0.3, 0.4) is 0 Å². The lowest BCUT2D eigenvalue weighted by molar-refractivity contribution is -0.121. The molecule has 1 aliphatic rings. The van der Waals surface area contributed by atoms with E-state index in [0.29, 0.717) is 6.04 Å². The van der Waals surface area contributed by atoms with Crippen LogP contribution in [0.15, 0.2) is 29.6 Å². The third-order valence-corrected chi connectivity index (χ3v) is 6.81. The summed E-state index contributed by atoms with van der Waals surface area (Å²) >= 11 is 3.29. The molecule has 0 radical (unpaired) electrons. The first-order valence-corrected chi connectivity index (χ1v) is 11.1. The summed E-state index contributed by atoms with van der Waals surface area (Å²) in [6.45, 7) is 1.99. The van der Waals surface area contributed by atoms with Crippen LogP contribution < -0.4 is 10.1 Å². The highest BCUT2D eigenvalue weighted by Gasteiger charge is 2.20. The Morgan fingerprint density at radius 1 is 1.31 bits per heavy atom. The molecule has 0 bridgehead atoms. The summed E-state index contributed by atoms with van der Waals surface area (Å²) in [5, 5.41) is 6.24. The van der Waals surface area contributed by atoms with E-state index < -0.39 is 0 Å². The minimum atomic E-state index is -0.0527. The van der Waals surface area contributed by atoms with Crippen LogP contribution in [0, 0.1) is 0 Å². The average Bonchev–Trinajstić information content (AvgIpc) is 3.16. The highest BCUT2D eigenvalue weighted by Crippen LogP contribution is 2.28. The number of benzene rings is 1. The first kappa shape index (κ1) is 19.2. The van der Waals surface area contributed by atoms with Crippen molar-refractivity contribution in [1.82, 2.24) is 10.3 Å². The maximum absolute atomic E-state index is 12.4. The molecule has 1 saturated carbocycles. The number of hydrogen-bond donors (Lipinski definition) is 1. The lowest BCUT2D eigenvalue weighted by Crippen LogP contribution is -2.40. The lowest BCUT2D eigenvalue weighted by atomic mass is 9.95. The third-order valence-electron chi connectivity index (χ3n) is 4.69. The molecule has 0 saturated heterocycles. The first-order valence-electron chi connectivity index (χ1n) is 9.16. The summed E-state index contributed by atoms with van der Waals surface area (Å²) in [5.74, 6) is 1.76. The molecule has 140 valence electrons. The van der Waals surface area contributed by atoms with E-state index in [9.17, 15) is 4.79 Å². The van der Waals surface area contributed by atoms with Crippen LogP contribution in [0.4, 0.5) is 0 Å². The van der Waals surface area contributed by atoms with E-state index in [1.165, 1.54) is 19.3 Å². The summed E-state index contributed by atoms with van der Waals surface area (Å²) in [6.07, 6.45) is 6.02. The van der Waals surface area contributed by atoms with E-state index in [1.807, 2.05) is 31.2 Å². The van der Waals surface area contributed by atoms with Gasteiger partial charge in [-0.2, -0.15) is 0 Å². The van der Waals surface area contributed by atoms with Gasteiger partial charge in [-0.1, -0.05) is 19.3 Å². The van der Waals surface area contributed by atoms with Gasteiger partial charge in [-0.05, 0) is 44.0 Å². The van der Waals surface area contributed by atoms with E-state index in [-0.39, 0.29) is 11.2 Å². The normalized spacial score (nSPS) is 16.2. The van der Waals surface area contributed by atoms with Crippen LogP contribution >= 0.6 is 23.1 Å². The number of rotatable bonds is 7. The molecular weight excluding hydrogens is 364 g/mol. The Balaban J connectivity index is 1.49. The summed E-state index contributed by atoms with van der Waals surface area (Å²) in [5.41, 5.74) is 2.12. The minimum absolute atomic E-state index is 0.0527. The second-order valence-corrected chi connectivity index (χ2v) is 8.86. The molecule has 26 heavy (non-hydrogen) atoms. The van der Waals surface area contributed by atoms with Gasteiger partial charge in [0.15, 0.2) is 0 Å². The van der Waals surface area contributed by atoms with Crippen LogP contribution in [-0.2, 0) is 10.5 Å². The molecule has 0 aliphatic heterocycles. The Morgan fingerprint density at radius 3 is 2.73 bits per heavy atom. The van der Waals surface area contributed by atoms with Gasteiger partial charge < -0.3 is 10.1 Å². The molecule has 3 rings (SSSR count). The number of ether oxygens (including phenoxy) is 1. The van der Waals surface area contributed by atoms with Gasteiger partial charge in [-0.25, -0.2) is 4.98 Å². The number of hydrogen-bond acceptors (Lipinski definition) is 5. The number of nitrogens with one attached hydrogen (secondary N) is 1. The zero-order chi connectivity index (χ0) is 18.4. The van der Waals surface area contributed by atoms with Crippen molar-refractivity contribution in [2.24, 2.45) is 0 Å². The topological polar surface area (TPSA) is 51.2 Å². The maximum Gasteiger partial charge on any atom is 0.233 e. The quantitative estimate of drug-likeness (QED) is 0.731. The van der Waals surface area contributed by atoms with Crippen molar-refractivity contribution in [2.75, 3.05) is 7.11 Å². The van der Waals surface area contributed by atoms with Crippen molar-refractivity contribution >= 4 is 29.0 Å². The van der Waals surface area contributed by atoms with Crippen LogP contribution in [0.25, 0.3) is 10.6 Å². The van der Waals surface area contributed by atoms with Gasteiger partial charge in [0, 0.05) is 22.7 Å². The number of amides is 1. The molecule has 1 heterocycles. The molecule has 1 unspecified atom stereocenters. The molecule has 2 aromatic rings. The highest BCUT2D eigenvalue weighted by molar-refractivity contribution is 7.99. The molecule has 1 amide bonds. The van der Waals surface area contributed by atoms with E-state index in [0.717, 1.165) is 40.6 Å². The van der Waals surface area contributed by atoms with Gasteiger partial charge in [0.1, 0.15) is 10.8 Å². The molecule has 6 heteroatoms. The Morgan fingerprint density at radius 2 is 2.04 bits per heavy atom. The summed E-state index contributed by atoms with van der Waals surface area (Å²) in [6, 6.07) is 8.32. The first-order chi connectivity index (χ1) is 12.7. The van der Waals surface area contributed by atoms with Crippen molar-refractivity contribution in [3.63, 3.8) is 0 Å². The molecule has 1 N–H and O–H groups in total. The fourth-order valence-electron chi connectivity index (χ4n) is 3.09. The fourth-order valence-corrected chi connectivity index (χ4v) is 4.81. The van der Waals surface area contributed by atoms with Crippen molar-refractivity contribution in [3.8, 4) is 16.3 Å². The van der Waals surface area contributed by atoms with Crippen molar-refractivity contribution in [2.45, 2.75) is 56.1 Å². The van der Waals surface area contributed by atoms with Crippen LogP contribution in [-0.4, -0.2) is 29.3 Å². The predicted molar refractivity (Wildman–Crippen MR) is 110 cm³/mol. The molecule has 1 aliphatic carbocycles. The highest BCUT2D eigenvalue weighted by atomic mass is 32.2. The van der Waals surface area contributed by atoms with Crippen LogP contribution in [0.1, 0.15) is 44.7 Å². The predicted octanol–water partition coefficient (Wildman–Crippen LogP) is 4.89. The number of carbonyl (C=O) groups excluding carboxylic acids is 1. The summed E-state index contributed by atoms with van der Waals surface area (Å²) < 4.78 is 5.19. The van der Waals surface area contributed by atoms with Gasteiger partial charge in [0.05, 0.1) is 18.1 Å². The monoisotopic (exact) mass is 390 g/mol. The molecule has 0 spiro atoms. The van der Waals surface area contributed by atoms with Crippen LogP contribution in [0.5, 0.6) is 5.75 Å². The SMILES string of the molecule is COc1ccc(-c2nc(CSC(C)C(=O)NC3CCCCC3)cs2)cc1. The third kappa shape index (κ3) is 5.24. The Bertz CT molecular complexity index is 709. The molecule has 1 aromatic carbocycles. The van der Waals surface area contributed by atoms with Gasteiger partial charge in [-0.3, -0.25) is 4.79 Å². The summed E-state index contributed by atoms with van der Waals surface area (Å²) in [7, 11) is 1.67. The Hall–Kier alpha value is -1.53. The number of carbonyl (C=O) groups is 1. The molecular formula is C20H26N2O2S2. The molecule has 1 fully saturated rings. The fraction of sp³-hybridized carbons (Fsp3) is 0.500. The average molecular weight is 391 g/mol. The minimum Gasteiger partial charge on any atom is -0.497 e. The van der Waals surface area contributed by atoms with Crippen LogP contribution in [0.2, 0.25) is 0 Å². The smallest absolute Gasteiger partial charge is 0.233 e. The molecule has 1 aromatic heterocycles. The van der Waals surface area contributed by atoms with E-state index in [4.69, 9.17) is 9.72 Å². The summed E-state index contributed by atoms with van der Waals surface area (Å²) in [4.78, 5) is 17.1. The van der Waals surface area contributed by atoms with Gasteiger partial charge >= 0.3 is 0 Å². The largest absolute Gasteiger partial charge is 0.497 e. The van der Waals surface area contributed by atoms with Crippen molar-refractivity contribution in [3.05, 3.63) is 35.3 Å². The second kappa shape index (κ2) is 9.42. The molecule has 4 nitrogen and oxygen atoms in total. The number of thioether (sulfide) groups is 1. The van der Waals surface area contributed by atoms with Crippen molar-refractivity contribution < 1.29 is 9.53 Å². The van der Waals surface area contributed by atoms with Crippen molar-refractivity contribution in [1.29, 1.82) is 0 Å². The van der Waals surface area contributed by atoms with Gasteiger partial charge in [0.25, 0.3) is 0 Å². The number of aromatic nitrogens is 1. The standard InChI is InChI=1S/C20H26N2O2S2/c1-14(19(23)21-16-6-4-3-5-7-16)25-12-17-13-26-20(22-17)15-8-10-18(24-2)11-9-15/h8-11,13-14,16H,3-7,12H2,1-2H3,(H,21,23). The van der Waals surface area contributed by atoms with Gasteiger partial charge in [-0.15, -0.1) is 23.1 Å². The Kier molecular flexibility index (Phi) is 6.97. The zero-order valence-corrected chi connectivity index (χ0v) is 17.0. The Labute approximate surface area is 163 Å². The number of methoxy groups -OCH3 is 1.